The second-order valence-electron chi connectivity index (χ2n) is 8.97. The molecular weight excluding hydrogens is 468 g/mol. The molecule has 0 fully saturated rings. The van der Waals surface area contributed by atoms with E-state index in [1.165, 1.54) is 6.07 Å². The van der Waals surface area contributed by atoms with E-state index in [2.05, 4.69) is 10.6 Å². The minimum Gasteiger partial charge on any atom is -0.481 e. The second kappa shape index (κ2) is 11.5. The molecule has 2 atom stereocenters. The van der Waals surface area contributed by atoms with Gasteiger partial charge in [0.15, 0.2) is 0 Å². The molecule has 36 heavy (non-hydrogen) atoms. The standard InChI is InChI=1S/C25H28N4O7/c1-15(2)12-20(23(32)26-14-16-6-4-3-5-7-16)27-21(10-11-22(30)31)28-24(33)18-9-8-17(29(35)36)13-19(18)25(28)34/h3-9,13,15,20-21,27H,10-12,14H2,1-2H3,(H,26,32)(H,30,31)/t20-,21?/m0/s1. The normalized spacial score (nSPS) is 14.5. The van der Waals surface area contributed by atoms with E-state index in [0.29, 0.717) is 6.42 Å². The van der Waals surface area contributed by atoms with Crippen molar-refractivity contribution in [2.24, 2.45) is 5.92 Å². The van der Waals surface area contributed by atoms with E-state index in [0.717, 1.165) is 22.6 Å². The summed E-state index contributed by atoms with van der Waals surface area (Å²) in [6, 6.07) is 11.8. The Balaban J connectivity index is 1.85. The van der Waals surface area contributed by atoms with Crippen LogP contribution in [0.1, 0.15) is 59.4 Å². The van der Waals surface area contributed by atoms with Gasteiger partial charge in [-0.05, 0) is 30.4 Å². The predicted molar refractivity (Wildman–Crippen MR) is 129 cm³/mol. The zero-order chi connectivity index (χ0) is 26.4. The molecule has 3 rings (SSSR count). The highest BCUT2D eigenvalue weighted by atomic mass is 16.6. The van der Waals surface area contributed by atoms with E-state index in [1.807, 2.05) is 44.2 Å². The molecule has 2 aromatic carbocycles. The number of imide groups is 1. The third-order valence-corrected chi connectivity index (χ3v) is 5.78. The Morgan fingerprint density at radius 3 is 2.33 bits per heavy atom. The molecule has 0 radical (unpaired) electrons. The smallest absolute Gasteiger partial charge is 0.303 e. The number of hydrogen-bond donors (Lipinski definition) is 3. The van der Waals surface area contributed by atoms with Crippen LogP contribution in [0.2, 0.25) is 0 Å². The fourth-order valence-electron chi connectivity index (χ4n) is 4.05. The number of fused-ring (bicyclic) bond motifs is 1. The van der Waals surface area contributed by atoms with Crippen molar-refractivity contribution in [2.45, 2.75) is 51.9 Å². The molecule has 190 valence electrons. The van der Waals surface area contributed by atoms with Crippen molar-refractivity contribution in [1.29, 1.82) is 0 Å². The van der Waals surface area contributed by atoms with Crippen molar-refractivity contribution in [3.63, 3.8) is 0 Å². The lowest BCUT2D eigenvalue weighted by Crippen LogP contribution is -2.56. The fraction of sp³-hybridized carbons (Fsp3) is 0.360. The van der Waals surface area contributed by atoms with E-state index < -0.39 is 34.9 Å². The first-order chi connectivity index (χ1) is 17.1. The van der Waals surface area contributed by atoms with Gasteiger partial charge >= 0.3 is 5.97 Å². The first-order valence-electron chi connectivity index (χ1n) is 11.5. The molecule has 0 saturated heterocycles. The average molecular weight is 497 g/mol. The number of rotatable bonds is 12. The molecule has 3 N–H and O–H groups in total. The summed E-state index contributed by atoms with van der Waals surface area (Å²) in [7, 11) is 0. The molecule has 11 nitrogen and oxygen atoms in total. The summed E-state index contributed by atoms with van der Waals surface area (Å²) in [4.78, 5) is 62.0. The summed E-state index contributed by atoms with van der Waals surface area (Å²) in [6.07, 6.45) is -1.27. The number of benzene rings is 2. The van der Waals surface area contributed by atoms with E-state index in [-0.39, 0.29) is 48.0 Å². The average Bonchev–Trinajstić information content (AvgIpc) is 3.09. The predicted octanol–water partition coefficient (Wildman–Crippen LogP) is 2.70. The Bertz CT molecular complexity index is 1170. The van der Waals surface area contributed by atoms with Crippen LogP contribution >= 0.6 is 0 Å². The fourth-order valence-corrected chi connectivity index (χ4v) is 4.05. The molecule has 0 saturated carbocycles. The Labute approximate surface area is 207 Å². The number of nitro benzene ring substituents is 1. The van der Waals surface area contributed by atoms with E-state index in [4.69, 9.17) is 0 Å². The highest BCUT2D eigenvalue weighted by Crippen LogP contribution is 2.29. The van der Waals surface area contributed by atoms with Gasteiger partial charge < -0.3 is 10.4 Å². The van der Waals surface area contributed by atoms with Crippen molar-refractivity contribution in [1.82, 2.24) is 15.5 Å². The molecular formula is C25H28N4O7. The van der Waals surface area contributed by atoms with Crippen LogP contribution in [0.5, 0.6) is 0 Å². The van der Waals surface area contributed by atoms with Gasteiger partial charge in [-0.2, -0.15) is 0 Å². The van der Waals surface area contributed by atoms with Crippen LogP contribution in [0.3, 0.4) is 0 Å². The lowest BCUT2D eigenvalue weighted by molar-refractivity contribution is -0.384. The summed E-state index contributed by atoms with van der Waals surface area (Å²) in [5, 5.41) is 26.2. The van der Waals surface area contributed by atoms with Crippen LogP contribution in [0.25, 0.3) is 0 Å². The van der Waals surface area contributed by atoms with Gasteiger partial charge in [-0.1, -0.05) is 44.2 Å². The Morgan fingerprint density at radius 2 is 1.72 bits per heavy atom. The van der Waals surface area contributed by atoms with Crippen LogP contribution < -0.4 is 10.6 Å². The highest BCUT2D eigenvalue weighted by molar-refractivity contribution is 6.21. The molecule has 1 heterocycles. The number of aliphatic carboxylic acids is 1. The SMILES string of the molecule is CC(C)C[C@H](NC(CCC(=O)O)N1C(=O)c2ccc([N+](=O)[O-])cc2C1=O)C(=O)NCc1ccccc1. The maximum absolute atomic E-state index is 13.1. The molecule has 1 unspecified atom stereocenters. The molecule has 0 spiro atoms. The maximum atomic E-state index is 13.1. The van der Waals surface area contributed by atoms with Crippen molar-refractivity contribution in [2.75, 3.05) is 0 Å². The van der Waals surface area contributed by atoms with Gasteiger partial charge in [0.25, 0.3) is 17.5 Å². The molecule has 3 amide bonds. The van der Waals surface area contributed by atoms with Crippen molar-refractivity contribution < 1.29 is 29.2 Å². The summed E-state index contributed by atoms with van der Waals surface area (Å²) in [5.41, 5.74) is 0.398. The number of carboxylic acid groups (broad SMARTS) is 1. The number of carboxylic acids is 1. The van der Waals surface area contributed by atoms with E-state index in [9.17, 15) is 34.4 Å². The minimum absolute atomic E-state index is 0.0123. The van der Waals surface area contributed by atoms with E-state index >= 15 is 0 Å². The summed E-state index contributed by atoms with van der Waals surface area (Å²) in [5.74, 6) is -2.92. The van der Waals surface area contributed by atoms with Gasteiger partial charge in [0, 0.05) is 25.1 Å². The first-order valence-corrected chi connectivity index (χ1v) is 11.5. The van der Waals surface area contributed by atoms with Gasteiger partial charge in [0.05, 0.1) is 28.3 Å². The summed E-state index contributed by atoms with van der Waals surface area (Å²) < 4.78 is 0. The second-order valence-corrected chi connectivity index (χ2v) is 8.97. The number of hydrogen-bond acceptors (Lipinski definition) is 7. The van der Waals surface area contributed by atoms with Gasteiger partial charge in [-0.25, -0.2) is 0 Å². The lowest BCUT2D eigenvalue weighted by atomic mass is 10.0. The third kappa shape index (κ3) is 6.30. The third-order valence-electron chi connectivity index (χ3n) is 5.78. The Morgan fingerprint density at radius 1 is 1.06 bits per heavy atom. The van der Waals surface area contributed by atoms with Crippen LogP contribution in [0.4, 0.5) is 5.69 Å². The molecule has 1 aliphatic heterocycles. The van der Waals surface area contributed by atoms with Gasteiger partial charge in [-0.3, -0.25) is 39.5 Å². The first kappa shape index (κ1) is 26.5. The summed E-state index contributed by atoms with van der Waals surface area (Å²) in [6.45, 7) is 4.09. The van der Waals surface area contributed by atoms with Gasteiger partial charge in [-0.15, -0.1) is 0 Å². The summed E-state index contributed by atoms with van der Waals surface area (Å²) >= 11 is 0. The topological polar surface area (TPSA) is 159 Å². The van der Waals surface area contributed by atoms with Crippen LogP contribution in [0, 0.1) is 16.0 Å². The number of amides is 3. The Kier molecular flexibility index (Phi) is 8.49. The number of nitro groups is 1. The molecule has 11 heteroatoms. The molecule has 0 aliphatic carbocycles. The lowest BCUT2D eigenvalue weighted by Gasteiger charge is -2.31. The van der Waals surface area contributed by atoms with Crippen LogP contribution in [-0.2, 0) is 16.1 Å². The highest BCUT2D eigenvalue weighted by Gasteiger charge is 2.42. The number of carbonyl (C=O) groups is 4. The zero-order valence-electron chi connectivity index (χ0n) is 20.0. The quantitative estimate of drug-likeness (QED) is 0.230. The van der Waals surface area contributed by atoms with E-state index in [1.54, 1.807) is 0 Å². The van der Waals surface area contributed by atoms with Crippen molar-refractivity contribution >= 4 is 29.4 Å². The molecule has 0 bridgehead atoms. The van der Waals surface area contributed by atoms with Crippen molar-refractivity contribution in [3.8, 4) is 0 Å². The monoisotopic (exact) mass is 496 g/mol. The Hall–Kier alpha value is -4.12. The van der Waals surface area contributed by atoms with Gasteiger partial charge in [0.2, 0.25) is 5.91 Å². The maximum Gasteiger partial charge on any atom is 0.303 e. The molecule has 0 aromatic heterocycles. The number of nitrogens with zero attached hydrogens (tertiary/aromatic N) is 2. The molecule has 2 aromatic rings. The number of carbonyl (C=O) groups excluding carboxylic acids is 3. The minimum atomic E-state index is -1.14. The van der Waals surface area contributed by atoms with Crippen LogP contribution in [0.15, 0.2) is 48.5 Å². The van der Waals surface area contributed by atoms with Crippen molar-refractivity contribution in [3.05, 3.63) is 75.3 Å². The largest absolute Gasteiger partial charge is 0.481 e. The number of nitrogens with one attached hydrogen (secondary N) is 2. The number of non-ortho nitro benzene ring substituents is 1. The molecule has 1 aliphatic rings. The zero-order valence-corrected chi connectivity index (χ0v) is 20.0. The van der Waals surface area contributed by atoms with Crippen LogP contribution in [-0.4, -0.2) is 50.8 Å². The van der Waals surface area contributed by atoms with Gasteiger partial charge in [0.1, 0.15) is 0 Å².